The minimum Gasteiger partial charge on any atom is -0.493 e. The normalized spacial score (nSPS) is 12.4. The van der Waals surface area contributed by atoms with Gasteiger partial charge in [0.05, 0.1) is 25.3 Å². The van der Waals surface area contributed by atoms with Crippen LogP contribution >= 0.6 is 15.9 Å². The summed E-state index contributed by atoms with van der Waals surface area (Å²) >= 11 is 3.48. The molecule has 1 heterocycles. The van der Waals surface area contributed by atoms with Crippen LogP contribution in [0.25, 0.3) is 10.9 Å². The van der Waals surface area contributed by atoms with E-state index in [9.17, 15) is 9.90 Å². The van der Waals surface area contributed by atoms with E-state index >= 15 is 0 Å². The maximum Gasteiger partial charge on any atom is 0.320 e. The number of carbonyl (C=O) groups is 1. The van der Waals surface area contributed by atoms with Gasteiger partial charge in [-0.2, -0.15) is 0 Å². The van der Waals surface area contributed by atoms with Crippen molar-refractivity contribution in [1.29, 1.82) is 0 Å². The molecule has 0 saturated heterocycles. The fourth-order valence-electron chi connectivity index (χ4n) is 3.59. The van der Waals surface area contributed by atoms with Crippen LogP contribution in [0.4, 0.5) is 11.5 Å². The Labute approximate surface area is 219 Å². The molecule has 3 aromatic rings. The van der Waals surface area contributed by atoms with Crippen molar-refractivity contribution in [3.8, 4) is 11.5 Å². The van der Waals surface area contributed by atoms with E-state index < -0.39 is 11.7 Å². The molecule has 0 fully saturated rings. The highest BCUT2D eigenvalue weighted by atomic mass is 79.9. The third-order valence-electron chi connectivity index (χ3n) is 4.97. The van der Waals surface area contributed by atoms with Gasteiger partial charge >= 0.3 is 5.97 Å². The van der Waals surface area contributed by atoms with Crippen LogP contribution in [0.1, 0.15) is 27.7 Å². The zero-order valence-electron chi connectivity index (χ0n) is 21.2. The molecule has 0 bridgehead atoms. The van der Waals surface area contributed by atoms with Gasteiger partial charge in [-0.3, -0.25) is 9.69 Å². The summed E-state index contributed by atoms with van der Waals surface area (Å²) in [4.78, 5) is 22.9. The summed E-state index contributed by atoms with van der Waals surface area (Å²) in [5.74, 6) is 1.33. The number of aliphatic hydroxyl groups excluding tert-OH is 1. The van der Waals surface area contributed by atoms with Crippen LogP contribution in [0.5, 0.6) is 11.5 Å². The van der Waals surface area contributed by atoms with Crippen molar-refractivity contribution in [3.63, 3.8) is 0 Å². The van der Waals surface area contributed by atoms with Gasteiger partial charge in [-0.05, 0) is 52.0 Å². The molecule has 0 aliphatic heterocycles. The largest absolute Gasteiger partial charge is 0.493 e. The highest BCUT2D eigenvalue weighted by Crippen LogP contribution is 2.35. The maximum absolute atomic E-state index is 12.3. The quantitative estimate of drug-likeness (QED) is 0.326. The van der Waals surface area contributed by atoms with E-state index in [0.29, 0.717) is 35.9 Å². The molecule has 0 spiro atoms. The molecule has 9 nitrogen and oxygen atoms in total. The number of anilines is 2. The summed E-state index contributed by atoms with van der Waals surface area (Å²) in [6.45, 7) is 8.17. The number of ether oxygens (including phenoxy) is 3. The first-order chi connectivity index (χ1) is 17.0. The number of rotatable bonds is 11. The van der Waals surface area contributed by atoms with Gasteiger partial charge in [-0.25, -0.2) is 9.97 Å². The van der Waals surface area contributed by atoms with Gasteiger partial charge < -0.3 is 24.6 Å². The highest BCUT2D eigenvalue weighted by molar-refractivity contribution is 9.10. The zero-order chi connectivity index (χ0) is 26.3. The summed E-state index contributed by atoms with van der Waals surface area (Å²) in [6, 6.07) is 11.4. The van der Waals surface area contributed by atoms with Gasteiger partial charge in [0, 0.05) is 34.7 Å². The minimum absolute atomic E-state index is 0.0505. The summed E-state index contributed by atoms with van der Waals surface area (Å²) in [5, 5.41) is 14.0. The molecule has 10 heteroatoms. The number of aromatic nitrogens is 2. The number of benzene rings is 2. The topological polar surface area (TPSA) is 106 Å². The summed E-state index contributed by atoms with van der Waals surface area (Å²) < 4.78 is 18.0. The average Bonchev–Trinajstić information content (AvgIpc) is 2.77. The summed E-state index contributed by atoms with van der Waals surface area (Å²) in [7, 11) is 1.57. The van der Waals surface area contributed by atoms with Crippen molar-refractivity contribution in [2.75, 3.05) is 38.7 Å². The maximum atomic E-state index is 12.3. The van der Waals surface area contributed by atoms with Crippen LogP contribution in [-0.2, 0) is 9.53 Å². The molecule has 3 rings (SSSR count). The Balaban J connectivity index is 1.76. The van der Waals surface area contributed by atoms with Crippen LogP contribution in [0.2, 0.25) is 0 Å². The molecule has 36 heavy (non-hydrogen) atoms. The van der Waals surface area contributed by atoms with E-state index in [1.807, 2.05) is 51.1 Å². The first-order valence-electron chi connectivity index (χ1n) is 11.6. The average molecular weight is 561 g/mol. The first kappa shape index (κ1) is 27.6. The van der Waals surface area contributed by atoms with E-state index in [-0.39, 0.29) is 19.1 Å². The molecular weight excluding hydrogens is 528 g/mol. The number of carbonyl (C=O) groups excluding carboxylic acids is 1. The second kappa shape index (κ2) is 12.3. The monoisotopic (exact) mass is 560 g/mol. The fraction of sp³-hybridized carbons (Fsp3) is 0.423. The van der Waals surface area contributed by atoms with Crippen molar-refractivity contribution in [2.24, 2.45) is 0 Å². The lowest BCUT2D eigenvalue weighted by atomic mass is 10.2. The number of hydrogen-bond donors (Lipinski definition) is 2. The fourth-order valence-corrected chi connectivity index (χ4v) is 3.99. The van der Waals surface area contributed by atoms with Crippen molar-refractivity contribution in [2.45, 2.75) is 39.4 Å². The Morgan fingerprint density at radius 3 is 2.64 bits per heavy atom. The van der Waals surface area contributed by atoms with Gasteiger partial charge in [0.25, 0.3) is 0 Å². The molecule has 1 atom stereocenters. The third kappa shape index (κ3) is 8.32. The Morgan fingerprint density at radius 2 is 1.97 bits per heavy atom. The zero-order valence-corrected chi connectivity index (χ0v) is 22.8. The standard InChI is InChI=1S/C26H33BrN4O5/c1-17(32)14-31(15-24(33)36-26(2,3)4)9-10-35-23-12-20-21(13-22(23)34-5)28-16-29-25(20)30-19-8-6-7-18(27)11-19/h6-8,11-13,16-17,32H,9-10,14-15H2,1-5H3,(H,28,29,30). The molecule has 0 saturated carbocycles. The van der Waals surface area contributed by atoms with Gasteiger partial charge in [0.15, 0.2) is 11.5 Å². The Morgan fingerprint density at radius 1 is 1.19 bits per heavy atom. The Kier molecular flexibility index (Phi) is 9.47. The van der Waals surface area contributed by atoms with Crippen LogP contribution in [0.15, 0.2) is 47.2 Å². The number of hydrogen-bond acceptors (Lipinski definition) is 9. The molecule has 194 valence electrons. The van der Waals surface area contributed by atoms with Crippen molar-refractivity contribution >= 4 is 44.3 Å². The lowest BCUT2D eigenvalue weighted by Gasteiger charge is -2.26. The number of aliphatic hydroxyl groups is 1. The lowest BCUT2D eigenvalue weighted by Crippen LogP contribution is -2.40. The van der Waals surface area contributed by atoms with Gasteiger partial charge in [-0.15, -0.1) is 0 Å². The lowest BCUT2D eigenvalue weighted by molar-refractivity contribution is -0.156. The second-order valence-corrected chi connectivity index (χ2v) is 10.3. The predicted molar refractivity (Wildman–Crippen MR) is 143 cm³/mol. The highest BCUT2D eigenvalue weighted by Gasteiger charge is 2.20. The number of nitrogens with zero attached hydrogens (tertiary/aromatic N) is 3. The van der Waals surface area contributed by atoms with Gasteiger partial charge in [0.2, 0.25) is 0 Å². The van der Waals surface area contributed by atoms with Crippen molar-refractivity contribution in [3.05, 3.63) is 47.2 Å². The molecule has 1 unspecified atom stereocenters. The summed E-state index contributed by atoms with van der Waals surface area (Å²) in [5.41, 5.74) is 0.998. The van der Waals surface area contributed by atoms with Crippen LogP contribution in [0.3, 0.4) is 0 Å². The predicted octanol–water partition coefficient (Wildman–Crippen LogP) is 4.55. The van der Waals surface area contributed by atoms with Crippen molar-refractivity contribution < 1.29 is 24.1 Å². The third-order valence-corrected chi connectivity index (χ3v) is 5.46. The number of fused-ring (bicyclic) bond motifs is 1. The van der Waals surface area contributed by atoms with E-state index in [4.69, 9.17) is 14.2 Å². The number of halogens is 1. The van der Waals surface area contributed by atoms with Crippen LogP contribution in [0, 0.1) is 0 Å². The van der Waals surface area contributed by atoms with Crippen LogP contribution < -0.4 is 14.8 Å². The molecule has 2 aromatic carbocycles. The van der Waals surface area contributed by atoms with Gasteiger partial charge in [0.1, 0.15) is 24.4 Å². The number of nitrogens with one attached hydrogen (secondary N) is 1. The van der Waals surface area contributed by atoms with E-state index in [0.717, 1.165) is 15.5 Å². The van der Waals surface area contributed by atoms with Gasteiger partial charge in [-0.1, -0.05) is 22.0 Å². The number of esters is 1. The molecular formula is C26H33BrN4O5. The van der Waals surface area contributed by atoms with E-state index in [1.54, 1.807) is 25.0 Å². The molecule has 0 radical (unpaired) electrons. The number of methoxy groups -OCH3 is 1. The molecule has 0 aliphatic rings. The molecule has 1 aromatic heterocycles. The molecule has 0 amide bonds. The van der Waals surface area contributed by atoms with Crippen LogP contribution in [-0.4, -0.2) is 71.0 Å². The minimum atomic E-state index is -0.605. The molecule has 0 aliphatic carbocycles. The Bertz CT molecular complexity index is 1180. The van der Waals surface area contributed by atoms with E-state index in [2.05, 4.69) is 31.2 Å². The summed E-state index contributed by atoms with van der Waals surface area (Å²) in [6.07, 6.45) is 0.888. The SMILES string of the molecule is COc1cc2ncnc(Nc3cccc(Br)c3)c2cc1OCCN(CC(=O)OC(C)(C)C)CC(C)O. The Hall–Kier alpha value is -2.95. The second-order valence-electron chi connectivity index (χ2n) is 9.40. The smallest absolute Gasteiger partial charge is 0.320 e. The first-order valence-corrected chi connectivity index (χ1v) is 12.4. The van der Waals surface area contributed by atoms with E-state index in [1.165, 1.54) is 6.33 Å². The van der Waals surface area contributed by atoms with Crippen molar-refractivity contribution in [1.82, 2.24) is 14.9 Å². The molecule has 2 N–H and O–H groups in total.